The van der Waals surface area contributed by atoms with Crippen LogP contribution in [0.5, 0.6) is 23.0 Å². The first-order chi connectivity index (χ1) is 21.8. The van der Waals surface area contributed by atoms with E-state index in [1.54, 1.807) is 26.4 Å². The zero-order valence-electron chi connectivity index (χ0n) is 27.9. The van der Waals surface area contributed by atoms with E-state index in [1.807, 2.05) is 12.1 Å². The van der Waals surface area contributed by atoms with Crippen LogP contribution in [-0.2, 0) is 10.8 Å². The molecule has 0 aliphatic heterocycles. The van der Waals surface area contributed by atoms with Crippen molar-refractivity contribution in [1.82, 2.24) is 0 Å². The van der Waals surface area contributed by atoms with Crippen LogP contribution in [0.25, 0.3) is 22.3 Å². The molecule has 8 rings (SSSR count). The van der Waals surface area contributed by atoms with Gasteiger partial charge in [0, 0.05) is 34.1 Å². The van der Waals surface area contributed by atoms with Crippen LogP contribution in [0.15, 0.2) is 84.9 Å². The van der Waals surface area contributed by atoms with Crippen molar-refractivity contribution in [2.24, 2.45) is 0 Å². The Labute approximate surface area is 272 Å². The van der Waals surface area contributed by atoms with E-state index in [9.17, 15) is 10.2 Å². The number of hydrogen-bond donors (Lipinski definition) is 2. The summed E-state index contributed by atoms with van der Waals surface area (Å²) in [5, 5.41) is 22.3. The van der Waals surface area contributed by atoms with Gasteiger partial charge in [-0.25, -0.2) is 0 Å². The molecule has 4 nitrogen and oxygen atoms in total. The lowest BCUT2D eigenvalue weighted by molar-refractivity contribution is 0.413. The summed E-state index contributed by atoms with van der Waals surface area (Å²) in [4.78, 5) is 0. The van der Waals surface area contributed by atoms with Gasteiger partial charge >= 0.3 is 0 Å². The minimum atomic E-state index is -0.0772. The maximum Gasteiger partial charge on any atom is 0.127 e. The number of rotatable bonds is 4. The van der Waals surface area contributed by atoms with Gasteiger partial charge in [-0.2, -0.15) is 0 Å². The van der Waals surface area contributed by atoms with Crippen molar-refractivity contribution in [3.63, 3.8) is 0 Å². The quantitative estimate of drug-likeness (QED) is 0.208. The molecule has 2 bridgehead atoms. The first-order valence-corrected chi connectivity index (χ1v) is 16.0. The molecule has 5 aromatic rings. The number of methoxy groups -OCH3 is 2. The highest BCUT2D eigenvalue weighted by Gasteiger charge is 2.43. The Morgan fingerprint density at radius 1 is 0.457 bits per heavy atom. The van der Waals surface area contributed by atoms with Crippen LogP contribution < -0.4 is 9.47 Å². The Bertz CT molecular complexity index is 1900. The summed E-state index contributed by atoms with van der Waals surface area (Å²) in [7, 11) is 3.40. The van der Waals surface area contributed by atoms with Gasteiger partial charge in [0.2, 0.25) is 0 Å². The number of benzene rings is 5. The summed E-state index contributed by atoms with van der Waals surface area (Å²) in [5.74, 6) is 1.88. The molecule has 0 aromatic heterocycles. The van der Waals surface area contributed by atoms with Crippen molar-refractivity contribution in [2.75, 3.05) is 14.2 Å². The lowest BCUT2D eigenvalue weighted by Crippen LogP contribution is -2.28. The molecule has 0 unspecified atom stereocenters. The van der Waals surface area contributed by atoms with Crippen LogP contribution in [0.4, 0.5) is 0 Å². The normalized spacial score (nSPS) is 16.4. The van der Waals surface area contributed by atoms with Crippen LogP contribution >= 0.6 is 0 Å². The Balaban J connectivity index is 1.49. The largest absolute Gasteiger partial charge is 0.507 e. The molecule has 3 aliphatic carbocycles. The van der Waals surface area contributed by atoms with Crippen LogP contribution in [-0.4, -0.2) is 24.4 Å². The van der Waals surface area contributed by atoms with E-state index in [0.29, 0.717) is 0 Å². The standard InChI is InChI=1S/C42H42O4/c1-41(2,3)23-13-15-35(43)27(17-23)29-19-31-33(21-37(29)45-7)40-26-12-10-9-11-25(26)39(31)32-20-30(38(46-8)22-34(32)40)28-18-24(42(4,5)6)14-16-36(28)44/h9-22,39-40,43-44H,1-8H3. The van der Waals surface area contributed by atoms with E-state index in [0.717, 1.165) is 44.9 Å². The molecular formula is C42H42O4. The fourth-order valence-electron chi connectivity index (χ4n) is 7.46. The van der Waals surface area contributed by atoms with Crippen molar-refractivity contribution in [1.29, 1.82) is 0 Å². The van der Waals surface area contributed by atoms with Gasteiger partial charge in [0.25, 0.3) is 0 Å². The van der Waals surface area contributed by atoms with Gasteiger partial charge in [-0.15, -0.1) is 0 Å². The van der Waals surface area contributed by atoms with E-state index in [1.165, 1.54) is 33.4 Å². The number of phenols is 2. The van der Waals surface area contributed by atoms with Crippen LogP contribution in [0.1, 0.15) is 97.9 Å². The second-order valence-corrected chi connectivity index (χ2v) is 14.8. The monoisotopic (exact) mass is 610 g/mol. The zero-order valence-corrected chi connectivity index (χ0v) is 27.9. The highest BCUT2D eigenvalue weighted by atomic mass is 16.5. The second-order valence-electron chi connectivity index (χ2n) is 14.8. The van der Waals surface area contributed by atoms with E-state index in [2.05, 4.69) is 102 Å². The molecule has 0 fully saturated rings. The molecule has 0 atom stereocenters. The molecule has 5 aromatic carbocycles. The highest BCUT2D eigenvalue weighted by molar-refractivity contribution is 5.84. The third-order valence-corrected chi connectivity index (χ3v) is 9.98. The molecule has 2 N–H and O–H groups in total. The fraction of sp³-hybridized carbons (Fsp3) is 0.286. The summed E-state index contributed by atoms with van der Waals surface area (Å²) in [6.07, 6.45) is 0. The lowest BCUT2D eigenvalue weighted by atomic mass is 9.60. The van der Waals surface area contributed by atoms with Crippen molar-refractivity contribution in [2.45, 2.75) is 64.2 Å². The van der Waals surface area contributed by atoms with E-state index in [-0.39, 0.29) is 34.2 Å². The Hall–Kier alpha value is -4.70. The molecular weight excluding hydrogens is 568 g/mol. The summed E-state index contributed by atoms with van der Waals surface area (Å²) in [5.41, 5.74) is 12.8. The first kappa shape index (κ1) is 30.0. The maximum absolute atomic E-state index is 11.2. The van der Waals surface area contributed by atoms with Crippen LogP contribution in [0.2, 0.25) is 0 Å². The SMILES string of the molecule is COc1cc2c(cc1-c1cc(C(C)(C)C)ccc1O)C1c3ccccc3C2c2cc(OC)c(-c3cc(C(C)(C)C)ccc3O)cc21. The molecule has 234 valence electrons. The average Bonchev–Trinajstić information content (AvgIpc) is 3.02. The maximum atomic E-state index is 11.2. The van der Waals surface area contributed by atoms with E-state index in [4.69, 9.17) is 9.47 Å². The Morgan fingerprint density at radius 3 is 1.17 bits per heavy atom. The highest BCUT2D eigenvalue weighted by Crippen LogP contribution is 2.59. The number of phenolic OH excluding ortho intramolecular Hbond substituents is 2. The third-order valence-electron chi connectivity index (χ3n) is 9.98. The van der Waals surface area contributed by atoms with Gasteiger partial charge in [-0.05, 0) is 104 Å². The van der Waals surface area contributed by atoms with Gasteiger partial charge < -0.3 is 19.7 Å². The lowest BCUT2D eigenvalue weighted by Gasteiger charge is -2.43. The minimum absolute atomic E-state index is 0.0129. The molecule has 0 saturated heterocycles. The smallest absolute Gasteiger partial charge is 0.127 e. The second kappa shape index (κ2) is 10.4. The molecule has 4 heteroatoms. The van der Waals surface area contributed by atoms with Gasteiger partial charge in [-0.1, -0.05) is 77.9 Å². The fourth-order valence-corrected chi connectivity index (χ4v) is 7.46. The summed E-state index contributed by atoms with van der Waals surface area (Å²) < 4.78 is 12.1. The molecule has 0 saturated carbocycles. The van der Waals surface area contributed by atoms with E-state index >= 15 is 0 Å². The van der Waals surface area contributed by atoms with E-state index < -0.39 is 0 Å². The molecule has 46 heavy (non-hydrogen) atoms. The zero-order chi connectivity index (χ0) is 32.7. The molecule has 0 heterocycles. The number of aromatic hydroxyl groups is 2. The van der Waals surface area contributed by atoms with Crippen LogP contribution in [0.3, 0.4) is 0 Å². The molecule has 0 spiro atoms. The first-order valence-electron chi connectivity index (χ1n) is 16.0. The Kier molecular flexibility index (Phi) is 6.79. The summed E-state index contributed by atoms with van der Waals surface area (Å²) in [6, 6.07) is 29.3. The summed E-state index contributed by atoms with van der Waals surface area (Å²) in [6.45, 7) is 13.1. The van der Waals surface area contributed by atoms with Gasteiger partial charge in [0.05, 0.1) is 14.2 Å². The van der Waals surface area contributed by atoms with Crippen LogP contribution in [0, 0.1) is 0 Å². The van der Waals surface area contributed by atoms with Crippen molar-refractivity contribution in [3.8, 4) is 45.3 Å². The van der Waals surface area contributed by atoms with Crippen molar-refractivity contribution < 1.29 is 19.7 Å². The van der Waals surface area contributed by atoms with Crippen molar-refractivity contribution in [3.05, 3.63) is 129 Å². The average molecular weight is 611 g/mol. The van der Waals surface area contributed by atoms with Crippen molar-refractivity contribution >= 4 is 0 Å². The van der Waals surface area contributed by atoms with Gasteiger partial charge in [0.1, 0.15) is 23.0 Å². The molecule has 3 aliphatic rings. The number of ether oxygens (including phenoxy) is 2. The predicted molar refractivity (Wildman–Crippen MR) is 186 cm³/mol. The predicted octanol–water partition coefficient (Wildman–Crippen LogP) is 10.0. The third kappa shape index (κ3) is 4.57. The Morgan fingerprint density at radius 2 is 0.826 bits per heavy atom. The van der Waals surface area contributed by atoms with Gasteiger partial charge in [-0.3, -0.25) is 0 Å². The topological polar surface area (TPSA) is 58.9 Å². The molecule has 0 amide bonds. The number of hydrogen-bond acceptors (Lipinski definition) is 4. The molecule has 0 radical (unpaired) electrons. The summed E-state index contributed by atoms with van der Waals surface area (Å²) >= 11 is 0. The minimum Gasteiger partial charge on any atom is -0.507 e. The van der Waals surface area contributed by atoms with Gasteiger partial charge in [0.15, 0.2) is 0 Å².